The number of hydrogen-bond acceptors (Lipinski definition) is 4. The van der Waals surface area contributed by atoms with Crippen LogP contribution in [0.2, 0.25) is 5.02 Å². The molecule has 1 saturated heterocycles. The van der Waals surface area contributed by atoms with Crippen LogP contribution in [0.15, 0.2) is 78.9 Å². The Morgan fingerprint density at radius 3 is 2.46 bits per heavy atom. The number of rotatable bonds is 5. The molecule has 9 heteroatoms. The molecule has 1 fully saturated rings. The van der Waals surface area contributed by atoms with Gasteiger partial charge in [0.05, 0.1) is 22.4 Å². The molecule has 0 bridgehead atoms. The number of carbonyl (C=O) groups is 2. The van der Waals surface area contributed by atoms with Gasteiger partial charge < -0.3 is 4.90 Å². The molecule has 39 heavy (non-hydrogen) atoms. The minimum atomic E-state index is -0.371. The largest absolute Gasteiger partial charge is 0.341 e. The Kier molecular flexibility index (Phi) is 7.14. The summed E-state index contributed by atoms with van der Waals surface area (Å²) in [6, 6.07) is 23.4. The van der Waals surface area contributed by atoms with Gasteiger partial charge in [0, 0.05) is 29.2 Å². The molecule has 4 aromatic rings. The van der Waals surface area contributed by atoms with Crippen LogP contribution in [0.3, 0.4) is 0 Å². The van der Waals surface area contributed by atoms with Crippen LogP contribution in [0.4, 0.5) is 10.2 Å². The van der Waals surface area contributed by atoms with Crippen molar-refractivity contribution in [3.8, 4) is 16.9 Å². The van der Waals surface area contributed by atoms with E-state index in [4.69, 9.17) is 16.7 Å². The molecule has 0 aliphatic carbocycles. The topological polar surface area (TPSA) is 58.4 Å². The molecule has 2 amide bonds. The van der Waals surface area contributed by atoms with Crippen LogP contribution in [0, 0.1) is 5.82 Å². The molecule has 3 heterocycles. The summed E-state index contributed by atoms with van der Waals surface area (Å²) >= 11 is 7.90. The van der Waals surface area contributed by atoms with Crippen LogP contribution < -0.4 is 4.90 Å². The summed E-state index contributed by atoms with van der Waals surface area (Å²) in [7, 11) is 0. The third kappa shape index (κ3) is 5.06. The van der Waals surface area contributed by atoms with Crippen molar-refractivity contribution >= 4 is 41.0 Å². The van der Waals surface area contributed by atoms with Crippen molar-refractivity contribution in [1.29, 1.82) is 0 Å². The minimum Gasteiger partial charge on any atom is -0.341 e. The first-order valence-electron chi connectivity index (χ1n) is 12.9. The number of amides is 2. The normalized spacial score (nSPS) is 17.3. The third-order valence-corrected chi connectivity index (χ3v) is 8.60. The SMILES string of the molecule is O=C(CN1C(=O)CS[C@@H](c2cccc(Cl)c2)c2c(-c3ccccc3)nn(-c3ccc(F)cc3)c21)N1CCCC1. The predicted molar refractivity (Wildman–Crippen MR) is 153 cm³/mol. The Morgan fingerprint density at radius 1 is 1.00 bits per heavy atom. The number of halogens is 2. The number of likely N-dealkylation sites (tertiary alicyclic amines) is 1. The molecule has 6 nitrogen and oxygen atoms in total. The highest BCUT2D eigenvalue weighted by Crippen LogP contribution is 2.48. The highest BCUT2D eigenvalue weighted by Gasteiger charge is 2.38. The number of aromatic nitrogens is 2. The number of fused-ring (bicyclic) bond motifs is 1. The molecule has 6 rings (SSSR count). The average Bonchev–Trinajstić information content (AvgIpc) is 3.59. The van der Waals surface area contributed by atoms with Gasteiger partial charge in [0.15, 0.2) is 0 Å². The Hall–Kier alpha value is -3.62. The number of benzene rings is 3. The van der Waals surface area contributed by atoms with E-state index >= 15 is 0 Å². The van der Waals surface area contributed by atoms with Gasteiger partial charge in [-0.15, -0.1) is 11.8 Å². The first kappa shape index (κ1) is 25.6. The highest BCUT2D eigenvalue weighted by atomic mass is 35.5. The van der Waals surface area contributed by atoms with E-state index in [1.54, 1.807) is 21.7 Å². The standard InChI is InChI=1S/C30H26ClFN4O2S/c31-22-10-6-9-21(17-22)29-27-28(20-7-2-1-3-8-20)33-36(24-13-11-23(32)12-14-24)30(27)35(26(38)19-39-29)18-25(37)34-15-4-5-16-34/h1-3,6-14,17,29H,4-5,15-16,18-19H2/t29-/m0/s1. The minimum absolute atomic E-state index is 0.0875. The smallest absolute Gasteiger partial charge is 0.242 e. The third-order valence-electron chi connectivity index (χ3n) is 7.11. The van der Waals surface area contributed by atoms with Crippen LogP contribution >= 0.6 is 23.4 Å². The Morgan fingerprint density at radius 2 is 1.74 bits per heavy atom. The number of hydrogen-bond donors (Lipinski definition) is 0. The molecule has 198 valence electrons. The molecule has 2 aliphatic heterocycles. The summed E-state index contributed by atoms with van der Waals surface area (Å²) in [5.74, 6) is 0.0571. The fourth-order valence-corrected chi connectivity index (χ4v) is 6.61. The van der Waals surface area contributed by atoms with Gasteiger partial charge in [0.2, 0.25) is 11.8 Å². The molecule has 1 aromatic heterocycles. The molecule has 0 unspecified atom stereocenters. The van der Waals surface area contributed by atoms with Crippen molar-refractivity contribution in [2.24, 2.45) is 0 Å². The van der Waals surface area contributed by atoms with Gasteiger partial charge >= 0.3 is 0 Å². The van der Waals surface area contributed by atoms with Gasteiger partial charge in [0.25, 0.3) is 0 Å². The zero-order chi connectivity index (χ0) is 26.9. The molecule has 0 saturated carbocycles. The number of nitrogens with zero attached hydrogens (tertiary/aromatic N) is 4. The van der Waals surface area contributed by atoms with E-state index in [2.05, 4.69) is 0 Å². The second-order valence-corrected chi connectivity index (χ2v) is 11.2. The lowest BCUT2D eigenvalue weighted by atomic mass is 9.99. The lowest BCUT2D eigenvalue weighted by molar-refractivity contribution is -0.130. The van der Waals surface area contributed by atoms with Crippen molar-refractivity contribution in [3.05, 3.63) is 101 Å². The van der Waals surface area contributed by atoms with E-state index in [1.807, 2.05) is 59.5 Å². The quantitative estimate of drug-likeness (QED) is 0.295. The van der Waals surface area contributed by atoms with Crippen LogP contribution in [0.1, 0.15) is 29.2 Å². The van der Waals surface area contributed by atoms with Gasteiger partial charge in [-0.25, -0.2) is 9.07 Å². The Balaban J connectivity index is 1.60. The van der Waals surface area contributed by atoms with Gasteiger partial charge in [-0.2, -0.15) is 5.10 Å². The first-order valence-corrected chi connectivity index (χ1v) is 14.3. The van der Waals surface area contributed by atoms with Crippen LogP contribution in [0.25, 0.3) is 16.9 Å². The summed E-state index contributed by atoms with van der Waals surface area (Å²) in [5.41, 5.74) is 3.92. The fourth-order valence-electron chi connectivity index (χ4n) is 5.23. The highest BCUT2D eigenvalue weighted by molar-refractivity contribution is 8.00. The molecular weight excluding hydrogens is 535 g/mol. The summed E-state index contributed by atoms with van der Waals surface area (Å²) in [6.07, 6.45) is 1.92. The maximum Gasteiger partial charge on any atom is 0.242 e. The van der Waals surface area contributed by atoms with Gasteiger partial charge in [0.1, 0.15) is 18.2 Å². The second kappa shape index (κ2) is 10.9. The van der Waals surface area contributed by atoms with Crippen LogP contribution in [0.5, 0.6) is 0 Å². The summed E-state index contributed by atoms with van der Waals surface area (Å²) < 4.78 is 15.6. The second-order valence-electron chi connectivity index (χ2n) is 9.65. The average molecular weight is 561 g/mol. The lowest BCUT2D eigenvalue weighted by Gasteiger charge is -2.25. The van der Waals surface area contributed by atoms with E-state index in [-0.39, 0.29) is 35.2 Å². The Labute approximate surface area is 235 Å². The van der Waals surface area contributed by atoms with E-state index < -0.39 is 0 Å². The maximum absolute atomic E-state index is 13.9. The van der Waals surface area contributed by atoms with Gasteiger partial charge in [-0.1, -0.05) is 54.1 Å². The van der Waals surface area contributed by atoms with Gasteiger partial charge in [-0.3, -0.25) is 14.5 Å². The van der Waals surface area contributed by atoms with Crippen LogP contribution in [-0.4, -0.2) is 51.9 Å². The molecule has 1 atom stereocenters. The zero-order valence-corrected chi connectivity index (χ0v) is 22.7. The van der Waals surface area contributed by atoms with Crippen molar-refractivity contribution in [2.75, 3.05) is 30.3 Å². The Bertz CT molecular complexity index is 1520. The molecule has 0 radical (unpaired) electrons. The molecule has 2 aliphatic rings. The van der Waals surface area contributed by atoms with Crippen molar-refractivity contribution < 1.29 is 14.0 Å². The van der Waals surface area contributed by atoms with Crippen LogP contribution in [-0.2, 0) is 9.59 Å². The monoisotopic (exact) mass is 560 g/mol. The van der Waals surface area contributed by atoms with E-state index in [9.17, 15) is 14.0 Å². The zero-order valence-electron chi connectivity index (χ0n) is 21.1. The van der Waals surface area contributed by atoms with Gasteiger partial charge in [-0.05, 0) is 54.8 Å². The summed E-state index contributed by atoms with van der Waals surface area (Å²) in [4.78, 5) is 30.5. The number of anilines is 1. The molecule has 0 spiro atoms. The summed E-state index contributed by atoms with van der Waals surface area (Å²) in [5, 5.41) is 5.34. The maximum atomic E-state index is 13.9. The van der Waals surface area contributed by atoms with E-state index in [1.165, 1.54) is 23.9 Å². The molecule has 3 aromatic carbocycles. The predicted octanol–water partition coefficient (Wildman–Crippen LogP) is 6.12. The lowest BCUT2D eigenvalue weighted by Crippen LogP contribution is -2.43. The van der Waals surface area contributed by atoms with Crippen molar-refractivity contribution in [2.45, 2.75) is 18.1 Å². The summed E-state index contributed by atoms with van der Waals surface area (Å²) in [6.45, 7) is 1.30. The van der Waals surface area contributed by atoms with Crippen molar-refractivity contribution in [1.82, 2.24) is 14.7 Å². The number of carbonyl (C=O) groups excluding carboxylic acids is 2. The number of thioether (sulfide) groups is 1. The fraction of sp³-hybridized carbons (Fsp3) is 0.233. The molecule has 0 N–H and O–H groups in total. The van der Waals surface area contributed by atoms with E-state index in [0.717, 1.165) is 29.5 Å². The van der Waals surface area contributed by atoms with E-state index in [0.29, 0.717) is 35.3 Å². The molecular formula is C30H26ClFN4O2S. The first-order chi connectivity index (χ1) is 19.0. The van der Waals surface area contributed by atoms with Crippen molar-refractivity contribution in [3.63, 3.8) is 0 Å².